The second-order valence-electron chi connectivity index (χ2n) is 5.64. The van der Waals surface area contributed by atoms with Crippen molar-refractivity contribution in [1.82, 2.24) is 0 Å². The Balaban J connectivity index is 2.23. The number of carboxylic acid groups (broad SMARTS) is 1. The molecule has 9 heteroatoms. The third-order valence-corrected chi connectivity index (χ3v) is 3.90. The fraction of sp³-hybridized carbons (Fsp3) is 0.471. The molecule has 0 spiro atoms. The molecule has 1 aromatic rings. The van der Waals surface area contributed by atoms with Gasteiger partial charge in [0, 0.05) is 19.3 Å². The molecule has 5 atom stereocenters. The van der Waals surface area contributed by atoms with Crippen molar-refractivity contribution in [1.29, 1.82) is 0 Å². The SMILES string of the molecule is COc1cc(C=CC(=O)O)cc(O[C@@H]2O[C@H](CO)[C@@H](OC)[C@H](O)[C@H]2O)c1. The van der Waals surface area contributed by atoms with E-state index < -0.39 is 43.3 Å². The number of hydrogen-bond acceptors (Lipinski definition) is 8. The monoisotopic (exact) mass is 370 g/mol. The summed E-state index contributed by atoms with van der Waals surface area (Å²) in [6, 6.07) is 4.62. The van der Waals surface area contributed by atoms with Crippen molar-refractivity contribution in [3.05, 3.63) is 29.8 Å². The number of aliphatic hydroxyl groups excluding tert-OH is 3. The summed E-state index contributed by atoms with van der Waals surface area (Å²) < 4.78 is 21.3. The average Bonchev–Trinajstić information content (AvgIpc) is 2.63. The summed E-state index contributed by atoms with van der Waals surface area (Å²) in [5.74, 6) is -0.495. The van der Waals surface area contributed by atoms with Crippen LogP contribution in [0, 0.1) is 0 Å². The summed E-state index contributed by atoms with van der Waals surface area (Å²) in [4.78, 5) is 10.7. The Morgan fingerprint density at radius 1 is 1.19 bits per heavy atom. The van der Waals surface area contributed by atoms with Crippen LogP contribution in [0.15, 0.2) is 24.3 Å². The van der Waals surface area contributed by atoms with Gasteiger partial charge in [-0.2, -0.15) is 0 Å². The lowest BCUT2D eigenvalue weighted by atomic mass is 9.99. The first-order valence-corrected chi connectivity index (χ1v) is 7.81. The molecule has 4 N–H and O–H groups in total. The summed E-state index contributed by atoms with van der Waals surface area (Å²) in [5.41, 5.74) is 0.487. The van der Waals surface area contributed by atoms with E-state index in [9.17, 15) is 20.1 Å². The Morgan fingerprint density at radius 2 is 1.88 bits per heavy atom. The maximum Gasteiger partial charge on any atom is 0.328 e. The predicted octanol–water partition coefficient (Wildman–Crippen LogP) is -0.374. The van der Waals surface area contributed by atoms with Crippen LogP contribution in [-0.4, -0.2) is 77.9 Å². The van der Waals surface area contributed by atoms with Crippen molar-refractivity contribution < 1.29 is 44.2 Å². The Bertz CT molecular complexity index is 643. The zero-order chi connectivity index (χ0) is 19.3. The minimum atomic E-state index is -1.42. The lowest BCUT2D eigenvalue weighted by Gasteiger charge is -2.41. The van der Waals surface area contributed by atoms with E-state index in [2.05, 4.69) is 0 Å². The van der Waals surface area contributed by atoms with Crippen LogP contribution in [0.3, 0.4) is 0 Å². The highest BCUT2D eigenvalue weighted by Crippen LogP contribution is 2.29. The molecule has 0 radical (unpaired) electrons. The van der Waals surface area contributed by atoms with Crippen LogP contribution in [0.5, 0.6) is 11.5 Å². The van der Waals surface area contributed by atoms with Crippen LogP contribution in [-0.2, 0) is 14.3 Å². The molecule has 0 aromatic heterocycles. The van der Waals surface area contributed by atoms with Crippen molar-refractivity contribution in [3.8, 4) is 11.5 Å². The molecule has 2 rings (SSSR count). The van der Waals surface area contributed by atoms with Crippen molar-refractivity contribution >= 4 is 12.0 Å². The van der Waals surface area contributed by atoms with Gasteiger partial charge in [-0.15, -0.1) is 0 Å². The molecule has 1 saturated heterocycles. The lowest BCUT2D eigenvalue weighted by Crippen LogP contribution is -2.60. The summed E-state index contributed by atoms with van der Waals surface area (Å²) in [6.45, 7) is -0.438. The molecule has 0 amide bonds. The number of carboxylic acids is 1. The minimum absolute atomic E-state index is 0.221. The molecule has 144 valence electrons. The molecular weight excluding hydrogens is 348 g/mol. The number of aliphatic hydroxyl groups is 3. The van der Waals surface area contributed by atoms with Gasteiger partial charge in [-0.1, -0.05) is 0 Å². The van der Waals surface area contributed by atoms with E-state index in [0.29, 0.717) is 11.3 Å². The second kappa shape index (κ2) is 8.97. The normalized spacial score (nSPS) is 28.9. The fourth-order valence-corrected chi connectivity index (χ4v) is 2.62. The third-order valence-electron chi connectivity index (χ3n) is 3.90. The second-order valence-corrected chi connectivity index (χ2v) is 5.64. The third kappa shape index (κ3) is 4.71. The molecule has 1 aromatic carbocycles. The minimum Gasteiger partial charge on any atom is -0.497 e. The summed E-state index contributed by atoms with van der Waals surface area (Å²) in [6.07, 6.45) is -3.51. The highest BCUT2D eigenvalue weighted by molar-refractivity contribution is 5.85. The van der Waals surface area contributed by atoms with Crippen LogP contribution in [0.2, 0.25) is 0 Å². The van der Waals surface area contributed by atoms with E-state index in [-0.39, 0.29) is 5.75 Å². The topological polar surface area (TPSA) is 135 Å². The quantitative estimate of drug-likeness (QED) is 0.474. The van der Waals surface area contributed by atoms with Gasteiger partial charge in [0.1, 0.15) is 35.9 Å². The first kappa shape index (κ1) is 20.1. The number of hydrogen-bond donors (Lipinski definition) is 4. The van der Waals surface area contributed by atoms with Gasteiger partial charge in [0.05, 0.1) is 13.7 Å². The van der Waals surface area contributed by atoms with Gasteiger partial charge in [0.2, 0.25) is 6.29 Å². The van der Waals surface area contributed by atoms with E-state index >= 15 is 0 Å². The largest absolute Gasteiger partial charge is 0.497 e. The predicted molar refractivity (Wildman–Crippen MR) is 88.8 cm³/mol. The number of ether oxygens (including phenoxy) is 4. The standard InChI is InChI=1S/C17H22O9/c1-23-10-5-9(3-4-13(19)20)6-11(7-10)25-17-15(22)14(21)16(24-2)12(8-18)26-17/h3-7,12,14-18,21-22H,8H2,1-2H3,(H,19,20)/t12-,14-,15-,16-,17-/m1/s1. The molecule has 0 unspecified atom stereocenters. The Hall–Kier alpha value is -2.17. The average molecular weight is 370 g/mol. The van der Waals surface area contributed by atoms with Gasteiger partial charge in [-0.3, -0.25) is 0 Å². The molecule has 26 heavy (non-hydrogen) atoms. The smallest absolute Gasteiger partial charge is 0.328 e. The van der Waals surface area contributed by atoms with Crippen molar-refractivity contribution in [2.45, 2.75) is 30.7 Å². The molecule has 1 heterocycles. The molecule has 0 bridgehead atoms. The molecule has 9 nitrogen and oxygen atoms in total. The van der Waals surface area contributed by atoms with Crippen molar-refractivity contribution in [3.63, 3.8) is 0 Å². The van der Waals surface area contributed by atoms with E-state index in [0.717, 1.165) is 6.08 Å². The number of methoxy groups -OCH3 is 2. The van der Waals surface area contributed by atoms with Gasteiger partial charge in [0.15, 0.2) is 0 Å². The highest BCUT2D eigenvalue weighted by Gasteiger charge is 2.45. The van der Waals surface area contributed by atoms with Crippen LogP contribution in [0.1, 0.15) is 5.56 Å². The number of carbonyl (C=O) groups is 1. The summed E-state index contributed by atoms with van der Waals surface area (Å²) >= 11 is 0. The number of aliphatic carboxylic acids is 1. The van der Waals surface area contributed by atoms with Crippen LogP contribution in [0.25, 0.3) is 6.08 Å². The van der Waals surface area contributed by atoms with Crippen LogP contribution in [0.4, 0.5) is 0 Å². The summed E-state index contributed by atoms with van der Waals surface area (Å²) in [5, 5.41) is 38.5. The Labute approximate surface area is 150 Å². The van der Waals surface area contributed by atoms with Gasteiger partial charge < -0.3 is 39.4 Å². The van der Waals surface area contributed by atoms with Crippen molar-refractivity contribution in [2.24, 2.45) is 0 Å². The molecule has 0 aliphatic carbocycles. The van der Waals surface area contributed by atoms with Crippen LogP contribution >= 0.6 is 0 Å². The molecule has 1 aliphatic heterocycles. The van der Waals surface area contributed by atoms with Gasteiger partial charge in [0.25, 0.3) is 0 Å². The van der Waals surface area contributed by atoms with Gasteiger partial charge in [-0.05, 0) is 23.8 Å². The zero-order valence-corrected chi connectivity index (χ0v) is 14.3. The van der Waals surface area contributed by atoms with E-state index in [4.69, 9.17) is 24.1 Å². The zero-order valence-electron chi connectivity index (χ0n) is 14.3. The van der Waals surface area contributed by atoms with E-state index in [1.54, 1.807) is 6.07 Å². The van der Waals surface area contributed by atoms with Crippen molar-refractivity contribution in [2.75, 3.05) is 20.8 Å². The number of rotatable bonds is 7. The Morgan fingerprint density at radius 3 is 2.46 bits per heavy atom. The van der Waals surface area contributed by atoms with E-state index in [1.807, 2.05) is 0 Å². The first-order valence-electron chi connectivity index (χ1n) is 7.81. The van der Waals surface area contributed by atoms with Gasteiger partial charge >= 0.3 is 5.97 Å². The maximum atomic E-state index is 10.7. The highest BCUT2D eigenvalue weighted by atomic mass is 16.7. The molecular formula is C17H22O9. The first-order chi connectivity index (χ1) is 12.4. The van der Waals surface area contributed by atoms with Gasteiger partial charge in [-0.25, -0.2) is 4.79 Å². The molecule has 1 aliphatic rings. The van der Waals surface area contributed by atoms with E-state index in [1.165, 1.54) is 32.4 Å². The lowest BCUT2D eigenvalue weighted by molar-refractivity contribution is -0.281. The fourth-order valence-electron chi connectivity index (χ4n) is 2.62. The Kier molecular flexibility index (Phi) is 6.95. The maximum absolute atomic E-state index is 10.7. The van der Waals surface area contributed by atoms with Crippen LogP contribution < -0.4 is 9.47 Å². The number of benzene rings is 1. The molecule has 1 fully saturated rings. The summed E-state index contributed by atoms with van der Waals surface area (Å²) in [7, 11) is 2.77. The molecule has 0 saturated carbocycles.